The third-order valence-corrected chi connectivity index (χ3v) is 4.98. The molecule has 0 fully saturated rings. The average Bonchev–Trinajstić information content (AvgIpc) is 2.83. The van der Waals surface area contributed by atoms with Gasteiger partial charge in [-0.05, 0) is 67.4 Å². The highest BCUT2D eigenvalue weighted by atomic mass is 35.5. The molecule has 0 saturated heterocycles. The summed E-state index contributed by atoms with van der Waals surface area (Å²) < 4.78 is 0. The van der Waals surface area contributed by atoms with Crippen LogP contribution in [-0.2, 0) is 6.42 Å². The van der Waals surface area contributed by atoms with Crippen LogP contribution < -0.4 is 5.32 Å². The smallest absolute Gasteiger partial charge is 0.0458 e. The number of hydrogen-bond donors (Lipinski definition) is 1. The second-order valence-electron chi connectivity index (χ2n) is 5.27. The van der Waals surface area contributed by atoms with Gasteiger partial charge in [-0.2, -0.15) is 0 Å². The third-order valence-electron chi connectivity index (χ3n) is 3.49. The van der Waals surface area contributed by atoms with Crippen molar-refractivity contribution >= 4 is 22.9 Å². The van der Waals surface area contributed by atoms with Crippen molar-refractivity contribution in [2.75, 3.05) is 6.54 Å². The normalized spacial score (nSPS) is 12.6. The molecule has 0 aliphatic rings. The minimum atomic E-state index is 0.357. The summed E-state index contributed by atoms with van der Waals surface area (Å²) in [6.07, 6.45) is 2.09. The van der Waals surface area contributed by atoms with Crippen LogP contribution in [0.5, 0.6) is 0 Å². The molecule has 108 valence electrons. The highest BCUT2D eigenvalue weighted by molar-refractivity contribution is 7.10. The van der Waals surface area contributed by atoms with E-state index in [1.807, 2.05) is 11.3 Å². The van der Waals surface area contributed by atoms with Crippen molar-refractivity contribution < 1.29 is 0 Å². The molecule has 1 aromatic carbocycles. The predicted octanol–water partition coefficient (Wildman–Crippen LogP) is 5.30. The van der Waals surface area contributed by atoms with E-state index in [1.165, 1.54) is 21.6 Å². The van der Waals surface area contributed by atoms with E-state index in [2.05, 4.69) is 55.7 Å². The van der Waals surface area contributed by atoms with Crippen LogP contribution in [0.2, 0.25) is 5.02 Å². The minimum Gasteiger partial charge on any atom is -0.309 e. The number of aryl methyl sites for hydroxylation is 2. The Morgan fingerprint density at radius 1 is 1.25 bits per heavy atom. The van der Waals surface area contributed by atoms with E-state index < -0.39 is 0 Å². The van der Waals surface area contributed by atoms with E-state index in [-0.39, 0.29) is 0 Å². The Morgan fingerprint density at radius 2 is 2.05 bits per heavy atom. The average molecular weight is 308 g/mol. The van der Waals surface area contributed by atoms with Gasteiger partial charge in [0.15, 0.2) is 0 Å². The second kappa shape index (κ2) is 7.26. The molecule has 1 heterocycles. The van der Waals surface area contributed by atoms with Crippen molar-refractivity contribution in [3.8, 4) is 0 Å². The van der Waals surface area contributed by atoms with Crippen LogP contribution in [0.25, 0.3) is 0 Å². The molecule has 0 aliphatic carbocycles. The molecule has 0 saturated carbocycles. The van der Waals surface area contributed by atoms with Gasteiger partial charge < -0.3 is 5.32 Å². The molecule has 1 unspecified atom stereocenters. The fraction of sp³-hybridized carbons (Fsp3) is 0.412. The molecule has 2 rings (SSSR count). The SMILES string of the molecule is CCCNC(Cc1ccc(C)cc1Cl)c1sccc1C. The lowest BCUT2D eigenvalue weighted by molar-refractivity contribution is 0.535. The van der Waals surface area contributed by atoms with Crippen LogP contribution >= 0.6 is 22.9 Å². The summed E-state index contributed by atoms with van der Waals surface area (Å²) in [5.41, 5.74) is 3.80. The zero-order chi connectivity index (χ0) is 14.5. The Balaban J connectivity index is 2.21. The van der Waals surface area contributed by atoms with Crippen molar-refractivity contribution in [2.24, 2.45) is 0 Å². The van der Waals surface area contributed by atoms with Crippen molar-refractivity contribution in [3.63, 3.8) is 0 Å². The maximum absolute atomic E-state index is 6.38. The molecule has 0 bridgehead atoms. The Hall–Kier alpha value is -0.830. The van der Waals surface area contributed by atoms with Crippen LogP contribution in [0.1, 0.15) is 41.0 Å². The molecule has 0 amide bonds. The molecule has 1 nitrogen and oxygen atoms in total. The van der Waals surface area contributed by atoms with Gasteiger partial charge >= 0.3 is 0 Å². The third kappa shape index (κ3) is 3.85. The highest BCUT2D eigenvalue weighted by Gasteiger charge is 2.16. The molecule has 0 spiro atoms. The Morgan fingerprint density at radius 3 is 2.65 bits per heavy atom. The Labute approximate surface area is 131 Å². The van der Waals surface area contributed by atoms with E-state index in [4.69, 9.17) is 11.6 Å². The number of halogens is 1. The van der Waals surface area contributed by atoms with Gasteiger partial charge in [0, 0.05) is 15.9 Å². The summed E-state index contributed by atoms with van der Waals surface area (Å²) in [5, 5.41) is 6.70. The topological polar surface area (TPSA) is 12.0 Å². The van der Waals surface area contributed by atoms with Gasteiger partial charge in [-0.1, -0.05) is 30.7 Å². The van der Waals surface area contributed by atoms with Gasteiger partial charge in [0.05, 0.1) is 0 Å². The molecule has 1 N–H and O–H groups in total. The zero-order valence-corrected chi connectivity index (χ0v) is 13.9. The van der Waals surface area contributed by atoms with Crippen LogP contribution in [0.15, 0.2) is 29.6 Å². The van der Waals surface area contributed by atoms with E-state index in [9.17, 15) is 0 Å². The van der Waals surface area contributed by atoms with E-state index >= 15 is 0 Å². The van der Waals surface area contributed by atoms with Gasteiger partial charge in [-0.3, -0.25) is 0 Å². The predicted molar refractivity (Wildman–Crippen MR) is 90.0 cm³/mol. The van der Waals surface area contributed by atoms with Crippen molar-refractivity contribution in [1.29, 1.82) is 0 Å². The number of rotatable bonds is 6. The molecule has 2 aromatic rings. The summed E-state index contributed by atoms with van der Waals surface area (Å²) in [4.78, 5) is 1.43. The molecule has 20 heavy (non-hydrogen) atoms. The first-order chi connectivity index (χ1) is 9.61. The fourth-order valence-corrected chi connectivity index (χ4v) is 3.67. The lowest BCUT2D eigenvalue weighted by Gasteiger charge is -2.19. The van der Waals surface area contributed by atoms with E-state index in [0.717, 1.165) is 24.4 Å². The minimum absolute atomic E-state index is 0.357. The summed E-state index contributed by atoms with van der Waals surface area (Å²) in [7, 11) is 0. The fourth-order valence-electron chi connectivity index (χ4n) is 2.36. The van der Waals surface area contributed by atoms with Gasteiger partial charge in [-0.25, -0.2) is 0 Å². The molecule has 1 aromatic heterocycles. The molecule has 1 atom stereocenters. The maximum Gasteiger partial charge on any atom is 0.0458 e. The van der Waals surface area contributed by atoms with Crippen molar-refractivity contribution in [1.82, 2.24) is 5.32 Å². The molecular weight excluding hydrogens is 286 g/mol. The van der Waals surface area contributed by atoms with Gasteiger partial charge in [0.2, 0.25) is 0 Å². The zero-order valence-electron chi connectivity index (χ0n) is 12.4. The second-order valence-corrected chi connectivity index (χ2v) is 6.63. The largest absolute Gasteiger partial charge is 0.309 e. The molecule has 0 radical (unpaired) electrons. The molecular formula is C17H22ClNS. The summed E-state index contributed by atoms with van der Waals surface area (Å²) in [6.45, 7) is 7.49. The number of hydrogen-bond acceptors (Lipinski definition) is 2. The summed E-state index contributed by atoms with van der Waals surface area (Å²) >= 11 is 8.22. The maximum atomic E-state index is 6.38. The first kappa shape index (κ1) is 15.6. The van der Waals surface area contributed by atoms with Crippen LogP contribution in [0.4, 0.5) is 0 Å². The van der Waals surface area contributed by atoms with Crippen LogP contribution in [0, 0.1) is 13.8 Å². The number of thiophene rings is 1. The lowest BCUT2D eigenvalue weighted by atomic mass is 10.0. The standard InChI is InChI=1S/C17H22ClNS/c1-4-8-19-16(17-13(3)7-9-20-17)11-14-6-5-12(2)10-15(14)18/h5-7,9-10,16,19H,4,8,11H2,1-3H3. The number of benzene rings is 1. The van der Waals surface area contributed by atoms with Gasteiger partial charge in [-0.15, -0.1) is 11.3 Å². The quantitative estimate of drug-likeness (QED) is 0.763. The first-order valence-corrected chi connectivity index (χ1v) is 8.40. The first-order valence-electron chi connectivity index (χ1n) is 7.14. The molecule has 0 aliphatic heterocycles. The molecule has 3 heteroatoms. The summed E-state index contributed by atoms with van der Waals surface area (Å²) in [6, 6.07) is 8.89. The van der Waals surface area contributed by atoms with E-state index in [0.29, 0.717) is 6.04 Å². The number of nitrogens with one attached hydrogen (secondary N) is 1. The highest BCUT2D eigenvalue weighted by Crippen LogP contribution is 2.29. The Kier molecular flexibility index (Phi) is 5.64. The Bertz CT molecular complexity index is 562. The van der Waals surface area contributed by atoms with E-state index in [1.54, 1.807) is 0 Å². The van der Waals surface area contributed by atoms with Crippen LogP contribution in [0.3, 0.4) is 0 Å². The lowest BCUT2D eigenvalue weighted by Crippen LogP contribution is -2.24. The monoisotopic (exact) mass is 307 g/mol. The van der Waals surface area contributed by atoms with Gasteiger partial charge in [0.25, 0.3) is 0 Å². The van der Waals surface area contributed by atoms with Crippen molar-refractivity contribution in [3.05, 3.63) is 56.2 Å². The van der Waals surface area contributed by atoms with Crippen molar-refractivity contribution in [2.45, 2.75) is 39.7 Å². The van der Waals surface area contributed by atoms with Gasteiger partial charge in [0.1, 0.15) is 0 Å². The summed E-state index contributed by atoms with van der Waals surface area (Å²) in [5.74, 6) is 0. The van der Waals surface area contributed by atoms with Crippen LogP contribution in [-0.4, -0.2) is 6.54 Å².